The van der Waals surface area contributed by atoms with Gasteiger partial charge in [-0.15, -0.1) is 0 Å². The predicted octanol–water partition coefficient (Wildman–Crippen LogP) is 0.991. The van der Waals surface area contributed by atoms with Gasteiger partial charge in [0.25, 0.3) is 0 Å². The molecular formula is C13H14N4O2. The zero-order valence-corrected chi connectivity index (χ0v) is 10.8. The van der Waals surface area contributed by atoms with Crippen LogP contribution in [0.3, 0.4) is 0 Å². The zero-order valence-electron chi connectivity index (χ0n) is 10.8. The molecule has 6 heteroatoms. The Hall–Kier alpha value is -2.34. The summed E-state index contributed by atoms with van der Waals surface area (Å²) < 4.78 is 8.58. The predicted molar refractivity (Wildman–Crippen MR) is 71.5 cm³/mol. The normalized spacial score (nSPS) is 11.3. The lowest BCUT2D eigenvalue weighted by Gasteiger charge is -2.05. The number of nitrogens with zero attached hydrogens (tertiary/aromatic N) is 3. The van der Waals surface area contributed by atoms with Crippen molar-refractivity contribution in [3.05, 3.63) is 40.8 Å². The highest BCUT2D eigenvalue weighted by Crippen LogP contribution is 2.25. The molecule has 98 valence electrons. The highest BCUT2D eigenvalue weighted by Gasteiger charge is 2.13. The largest absolute Gasteiger partial charge is 0.419 e. The third-order valence-corrected chi connectivity index (χ3v) is 3.27. The van der Waals surface area contributed by atoms with Crippen LogP contribution in [0, 0.1) is 0 Å². The Morgan fingerprint density at radius 2 is 2.16 bits per heavy atom. The number of hydrogen-bond donors (Lipinski definition) is 1. The van der Waals surface area contributed by atoms with E-state index in [-0.39, 0.29) is 5.76 Å². The van der Waals surface area contributed by atoms with Gasteiger partial charge < -0.3 is 14.7 Å². The number of aryl methyl sites for hydroxylation is 2. The minimum absolute atomic E-state index is 0.365. The molecule has 3 aromatic rings. The zero-order chi connectivity index (χ0) is 13.6. The maximum atomic E-state index is 11.5. The van der Waals surface area contributed by atoms with Gasteiger partial charge in [-0.3, -0.25) is 4.57 Å². The lowest BCUT2D eigenvalue weighted by atomic mass is 10.1. The standard InChI is InChI=1S/C13H14N4O2/c1-16-7-15-9(6-14)12(16)8-3-4-10-11(5-8)19-13(18)17(10)2/h3-5,7H,6,14H2,1-2H3. The lowest BCUT2D eigenvalue weighted by Crippen LogP contribution is -2.08. The average molecular weight is 258 g/mol. The minimum atomic E-state index is -0.365. The molecule has 0 spiro atoms. The molecule has 6 nitrogen and oxygen atoms in total. The molecule has 19 heavy (non-hydrogen) atoms. The quantitative estimate of drug-likeness (QED) is 0.743. The molecule has 2 aromatic heterocycles. The van der Waals surface area contributed by atoms with E-state index in [1.54, 1.807) is 13.4 Å². The van der Waals surface area contributed by atoms with Crippen molar-refractivity contribution in [2.75, 3.05) is 0 Å². The van der Waals surface area contributed by atoms with Crippen molar-refractivity contribution in [3.8, 4) is 11.3 Å². The second-order valence-corrected chi connectivity index (χ2v) is 4.46. The van der Waals surface area contributed by atoms with Gasteiger partial charge in [-0.2, -0.15) is 0 Å². The molecule has 0 aliphatic rings. The van der Waals surface area contributed by atoms with Gasteiger partial charge in [0.1, 0.15) is 0 Å². The number of hydrogen-bond acceptors (Lipinski definition) is 4. The smallest absolute Gasteiger partial charge is 0.408 e. The topological polar surface area (TPSA) is 79.0 Å². The van der Waals surface area contributed by atoms with Crippen LogP contribution in [-0.4, -0.2) is 14.1 Å². The molecule has 0 amide bonds. The fourth-order valence-electron chi connectivity index (χ4n) is 2.28. The van der Waals surface area contributed by atoms with E-state index >= 15 is 0 Å². The molecule has 0 saturated carbocycles. The first-order valence-electron chi connectivity index (χ1n) is 5.92. The van der Waals surface area contributed by atoms with Crippen LogP contribution in [0.25, 0.3) is 22.4 Å². The number of aromatic nitrogens is 3. The fraction of sp³-hybridized carbons (Fsp3) is 0.231. The van der Waals surface area contributed by atoms with Gasteiger partial charge in [-0.05, 0) is 12.1 Å². The molecule has 0 radical (unpaired) electrons. The summed E-state index contributed by atoms with van der Waals surface area (Å²) in [4.78, 5) is 15.7. The van der Waals surface area contributed by atoms with Crippen molar-refractivity contribution < 1.29 is 4.42 Å². The number of fused-ring (bicyclic) bond motifs is 1. The summed E-state index contributed by atoms with van der Waals surface area (Å²) in [5, 5.41) is 0. The maximum absolute atomic E-state index is 11.5. The van der Waals surface area contributed by atoms with E-state index in [2.05, 4.69) is 4.98 Å². The Balaban J connectivity index is 2.26. The van der Waals surface area contributed by atoms with Crippen LogP contribution in [0.1, 0.15) is 5.69 Å². The molecule has 1 aromatic carbocycles. The van der Waals surface area contributed by atoms with Crippen molar-refractivity contribution in [1.29, 1.82) is 0 Å². The number of rotatable bonds is 2. The van der Waals surface area contributed by atoms with Gasteiger partial charge in [0, 0.05) is 26.2 Å². The highest BCUT2D eigenvalue weighted by atomic mass is 16.4. The van der Waals surface area contributed by atoms with Crippen molar-refractivity contribution in [1.82, 2.24) is 14.1 Å². The first kappa shape index (κ1) is 11.7. The molecule has 3 rings (SSSR count). The third-order valence-electron chi connectivity index (χ3n) is 3.27. The highest BCUT2D eigenvalue weighted by molar-refractivity contribution is 5.80. The van der Waals surface area contributed by atoms with Crippen LogP contribution in [-0.2, 0) is 20.6 Å². The monoisotopic (exact) mass is 258 g/mol. The van der Waals surface area contributed by atoms with E-state index in [0.29, 0.717) is 12.1 Å². The Bertz CT molecular complexity index is 810. The van der Waals surface area contributed by atoms with E-state index in [1.165, 1.54) is 4.57 Å². The van der Waals surface area contributed by atoms with Crippen molar-refractivity contribution in [2.45, 2.75) is 6.54 Å². The van der Waals surface area contributed by atoms with Crippen molar-refractivity contribution >= 4 is 11.1 Å². The first-order valence-corrected chi connectivity index (χ1v) is 5.92. The number of imidazole rings is 1. The Morgan fingerprint density at radius 3 is 2.89 bits per heavy atom. The van der Waals surface area contributed by atoms with E-state index in [9.17, 15) is 4.79 Å². The van der Waals surface area contributed by atoms with E-state index < -0.39 is 0 Å². The van der Waals surface area contributed by atoms with Crippen molar-refractivity contribution in [3.63, 3.8) is 0 Å². The molecular weight excluding hydrogens is 244 g/mol. The third kappa shape index (κ3) is 1.68. The van der Waals surface area contributed by atoms with Gasteiger partial charge in [-0.1, -0.05) is 6.07 Å². The van der Waals surface area contributed by atoms with Gasteiger partial charge in [0.15, 0.2) is 5.58 Å². The molecule has 0 saturated heterocycles. The van der Waals surface area contributed by atoms with Gasteiger partial charge >= 0.3 is 5.76 Å². The summed E-state index contributed by atoms with van der Waals surface area (Å²) in [7, 11) is 3.59. The van der Waals surface area contributed by atoms with Crippen LogP contribution in [0.2, 0.25) is 0 Å². The van der Waals surface area contributed by atoms with Gasteiger partial charge in [-0.25, -0.2) is 9.78 Å². The number of benzene rings is 1. The van der Waals surface area contributed by atoms with E-state index in [1.807, 2.05) is 29.8 Å². The summed E-state index contributed by atoms with van der Waals surface area (Å²) in [6.07, 6.45) is 1.73. The SMILES string of the molecule is Cn1cnc(CN)c1-c1ccc2c(c1)oc(=O)n2C. The number of oxazole rings is 1. The average Bonchev–Trinajstić information content (AvgIpc) is 2.90. The van der Waals surface area contributed by atoms with Crippen LogP contribution in [0.15, 0.2) is 33.7 Å². The van der Waals surface area contributed by atoms with Crippen LogP contribution >= 0.6 is 0 Å². The second-order valence-electron chi connectivity index (χ2n) is 4.46. The maximum Gasteiger partial charge on any atom is 0.419 e. The summed E-state index contributed by atoms with van der Waals surface area (Å²) in [6, 6.07) is 5.64. The lowest BCUT2D eigenvalue weighted by molar-refractivity contribution is 0.528. The summed E-state index contributed by atoms with van der Waals surface area (Å²) in [5.41, 5.74) is 9.71. The summed E-state index contributed by atoms with van der Waals surface area (Å²) in [5.74, 6) is -0.365. The van der Waals surface area contributed by atoms with E-state index in [4.69, 9.17) is 10.2 Å². The van der Waals surface area contributed by atoms with Crippen LogP contribution < -0.4 is 11.5 Å². The molecule has 0 aliphatic heterocycles. The molecule has 0 fully saturated rings. The molecule has 0 atom stereocenters. The summed E-state index contributed by atoms with van der Waals surface area (Å²) in [6.45, 7) is 0.368. The van der Waals surface area contributed by atoms with Gasteiger partial charge in [0.05, 0.1) is 23.2 Å². The molecule has 0 aliphatic carbocycles. The van der Waals surface area contributed by atoms with Crippen LogP contribution in [0.4, 0.5) is 0 Å². The van der Waals surface area contributed by atoms with Crippen LogP contribution in [0.5, 0.6) is 0 Å². The van der Waals surface area contributed by atoms with Gasteiger partial charge in [0.2, 0.25) is 0 Å². The molecule has 0 bridgehead atoms. The second kappa shape index (κ2) is 4.10. The molecule has 0 unspecified atom stereocenters. The number of nitrogens with two attached hydrogens (primary N) is 1. The molecule has 2 N–H and O–H groups in total. The Labute approximate surface area is 109 Å². The van der Waals surface area contributed by atoms with E-state index in [0.717, 1.165) is 22.5 Å². The Kier molecular flexibility index (Phi) is 2.53. The van der Waals surface area contributed by atoms with Crippen molar-refractivity contribution in [2.24, 2.45) is 19.8 Å². The fourth-order valence-corrected chi connectivity index (χ4v) is 2.28. The first-order chi connectivity index (χ1) is 9.11. The minimum Gasteiger partial charge on any atom is -0.408 e. The Morgan fingerprint density at radius 1 is 1.37 bits per heavy atom. The summed E-state index contributed by atoms with van der Waals surface area (Å²) >= 11 is 0. The molecule has 2 heterocycles.